The van der Waals surface area contributed by atoms with E-state index >= 15 is 0 Å². The van der Waals surface area contributed by atoms with Crippen LogP contribution in [-0.2, 0) is 27.0 Å². The fourth-order valence-corrected chi connectivity index (χ4v) is 3.94. The zero-order chi connectivity index (χ0) is 24.5. The normalized spacial score (nSPS) is 18.8. The number of ether oxygens (including phenoxy) is 2. The number of carbonyl (C=O) groups excluding carboxylic acids is 1. The highest BCUT2D eigenvalue weighted by atomic mass is 19.4. The number of alkyl halides is 3. The number of halogens is 4. The maximum Gasteiger partial charge on any atom is 0.416 e. The minimum atomic E-state index is -4.66. The van der Waals surface area contributed by atoms with E-state index in [0.717, 1.165) is 22.9 Å². The van der Waals surface area contributed by atoms with Gasteiger partial charge in [0, 0.05) is 19.7 Å². The molecule has 4 rings (SSSR count). The molecule has 34 heavy (non-hydrogen) atoms. The summed E-state index contributed by atoms with van der Waals surface area (Å²) in [5.74, 6) is -2.21. The quantitative estimate of drug-likeness (QED) is 0.650. The smallest absolute Gasteiger partial charge is 0.378 e. The highest BCUT2D eigenvalue weighted by Crippen LogP contribution is 2.35. The molecule has 1 aromatic carbocycles. The van der Waals surface area contributed by atoms with Crippen LogP contribution in [0, 0.1) is 5.82 Å². The molecule has 2 aromatic rings. The van der Waals surface area contributed by atoms with Gasteiger partial charge in [-0.1, -0.05) is 0 Å². The average molecular weight is 486 g/mol. The third-order valence-electron chi connectivity index (χ3n) is 5.62. The first-order valence-electron chi connectivity index (χ1n) is 10.6. The number of rotatable bonds is 5. The number of benzene rings is 1. The second kappa shape index (κ2) is 9.58. The summed E-state index contributed by atoms with van der Waals surface area (Å²) in [5, 5.41) is 2.35. The van der Waals surface area contributed by atoms with Crippen molar-refractivity contribution in [3.8, 4) is 0 Å². The third-order valence-corrected chi connectivity index (χ3v) is 5.62. The molecule has 13 heteroatoms. The largest absolute Gasteiger partial charge is 0.416 e. The van der Waals surface area contributed by atoms with Gasteiger partial charge >= 0.3 is 11.9 Å². The SMILES string of the molecule is O=C(Cn1c(=O)c(F)cn([C@H]2CCCO2)c1=O)Nc1cc(C(F)(F)F)ccc1N1CCOCC1. The predicted octanol–water partition coefficient (Wildman–Crippen LogP) is 1.95. The molecule has 2 saturated heterocycles. The van der Waals surface area contributed by atoms with E-state index in [0.29, 0.717) is 56.0 Å². The van der Waals surface area contributed by atoms with Gasteiger partial charge in [-0.15, -0.1) is 0 Å². The van der Waals surface area contributed by atoms with Crippen LogP contribution in [0.5, 0.6) is 0 Å². The lowest BCUT2D eigenvalue weighted by Crippen LogP contribution is -2.44. The molecule has 0 saturated carbocycles. The Hall–Kier alpha value is -3.19. The summed E-state index contributed by atoms with van der Waals surface area (Å²) in [4.78, 5) is 39.4. The molecule has 1 amide bonds. The topological polar surface area (TPSA) is 94.8 Å². The standard InChI is InChI=1S/C21H22F4N4O5/c22-14-11-28(18-2-1-7-34-18)20(32)29(19(14)31)12-17(30)26-15-10-13(21(23,24)25)3-4-16(15)27-5-8-33-9-6-27/h3-4,10-11,18H,1-2,5-9,12H2,(H,26,30)/t18-/m1/s1. The Labute approximate surface area is 190 Å². The Kier molecular flexibility index (Phi) is 6.75. The molecule has 0 spiro atoms. The maximum absolute atomic E-state index is 14.2. The van der Waals surface area contributed by atoms with Crippen molar-refractivity contribution in [1.82, 2.24) is 9.13 Å². The summed E-state index contributed by atoms with van der Waals surface area (Å²) in [6.07, 6.45) is -3.63. The van der Waals surface area contributed by atoms with Gasteiger partial charge in [0.1, 0.15) is 12.8 Å². The summed E-state index contributed by atoms with van der Waals surface area (Å²) in [6, 6.07) is 2.92. The molecule has 184 valence electrons. The van der Waals surface area contributed by atoms with Gasteiger partial charge in [-0.05, 0) is 31.0 Å². The fourth-order valence-electron chi connectivity index (χ4n) is 3.94. The number of carbonyl (C=O) groups is 1. The van der Waals surface area contributed by atoms with Crippen LogP contribution >= 0.6 is 0 Å². The second-order valence-electron chi connectivity index (χ2n) is 7.90. The molecule has 1 atom stereocenters. The Morgan fingerprint density at radius 1 is 1.15 bits per heavy atom. The molecule has 1 N–H and O–H groups in total. The summed E-state index contributed by atoms with van der Waals surface area (Å²) in [7, 11) is 0. The summed E-state index contributed by atoms with van der Waals surface area (Å²) in [6.45, 7) is 0.971. The number of hydrogen-bond donors (Lipinski definition) is 1. The lowest BCUT2D eigenvalue weighted by Gasteiger charge is -2.31. The molecule has 3 heterocycles. The van der Waals surface area contributed by atoms with E-state index in [1.54, 1.807) is 4.90 Å². The number of aromatic nitrogens is 2. The summed E-state index contributed by atoms with van der Waals surface area (Å²) >= 11 is 0. The van der Waals surface area contributed by atoms with Gasteiger partial charge in [0.25, 0.3) is 5.56 Å². The number of hydrogen-bond acceptors (Lipinski definition) is 6. The molecule has 1 aromatic heterocycles. The summed E-state index contributed by atoms with van der Waals surface area (Å²) < 4.78 is 66.0. The van der Waals surface area contributed by atoms with Crippen molar-refractivity contribution in [3.63, 3.8) is 0 Å². The van der Waals surface area contributed by atoms with Crippen molar-refractivity contribution in [2.75, 3.05) is 43.1 Å². The van der Waals surface area contributed by atoms with Crippen molar-refractivity contribution >= 4 is 17.3 Å². The number of nitrogens with one attached hydrogen (secondary N) is 1. The predicted molar refractivity (Wildman–Crippen MR) is 112 cm³/mol. The molecular formula is C21H22F4N4O5. The molecule has 0 unspecified atom stereocenters. The molecule has 2 fully saturated rings. The van der Waals surface area contributed by atoms with Crippen molar-refractivity contribution in [2.45, 2.75) is 31.8 Å². The van der Waals surface area contributed by atoms with Gasteiger partial charge in [0.15, 0.2) is 0 Å². The maximum atomic E-state index is 14.2. The van der Waals surface area contributed by atoms with Crippen LogP contribution in [-0.4, -0.2) is 48.0 Å². The zero-order valence-electron chi connectivity index (χ0n) is 17.9. The first-order valence-corrected chi connectivity index (χ1v) is 10.6. The van der Waals surface area contributed by atoms with Gasteiger partial charge in [0.05, 0.1) is 36.3 Å². The molecule has 0 aliphatic carbocycles. The van der Waals surface area contributed by atoms with E-state index in [2.05, 4.69) is 5.32 Å². The Balaban J connectivity index is 1.64. The molecule has 0 bridgehead atoms. The van der Waals surface area contributed by atoms with Crippen molar-refractivity contribution in [2.24, 2.45) is 0 Å². The first kappa shape index (κ1) is 24.0. The zero-order valence-corrected chi connectivity index (χ0v) is 17.9. The average Bonchev–Trinajstić information content (AvgIpc) is 3.34. The monoisotopic (exact) mass is 486 g/mol. The minimum absolute atomic E-state index is 0.148. The highest BCUT2D eigenvalue weighted by molar-refractivity contribution is 5.94. The molecule has 0 radical (unpaired) electrons. The Bertz CT molecular complexity index is 1180. The van der Waals surface area contributed by atoms with Crippen LogP contribution in [0.25, 0.3) is 0 Å². The molecule has 9 nitrogen and oxygen atoms in total. The molecule has 2 aliphatic rings. The van der Waals surface area contributed by atoms with E-state index in [4.69, 9.17) is 9.47 Å². The van der Waals surface area contributed by atoms with Crippen LogP contribution in [0.15, 0.2) is 34.0 Å². The van der Waals surface area contributed by atoms with Gasteiger partial charge in [0.2, 0.25) is 11.7 Å². The van der Waals surface area contributed by atoms with E-state index in [9.17, 15) is 31.9 Å². The van der Waals surface area contributed by atoms with Gasteiger partial charge in [-0.2, -0.15) is 17.6 Å². The van der Waals surface area contributed by atoms with E-state index in [1.165, 1.54) is 6.07 Å². The van der Waals surface area contributed by atoms with Crippen molar-refractivity contribution < 1.29 is 31.8 Å². The van der Waals surface area contributed by atoms with E-state index in [1.807, 2.05) is 0 Å². The third kappa shape index (κ3) is 4.99. The lowest BCUT2D eigenvalue weighted by atomic mass is 10.1. The first-order chi connectivity index (χ1) is 16.1. The van der Waals surface area contributed by atoms with Crippen molar-refractivity contribution in [3.05, 3.63) is 56.6 Å². The van der Waals surface area contributed by atoms with Crippen molar-refractivity contribution in [1.29, 1.82) is 0 Å². The highest BCUT2D eigenvalue weighted by Gasteiger charge is 2.32. The van der Waals surface area contributed by atoms with Crippen LogP contribution < -0.4 is 21.5 Å². The van der Waals surface area contributed by atoms with Crippen LogP contribution in [0.3, 0.4) is 0 Å². The van der Waals surface area contributed by atoms with Gasteiger partial charge < -0.3 is 19.7 Å². The fraction of sp³-hybridized carbons (Fsp3) is 0.476. The lowest BCUT2D eigenvalue weighted by molar-refractivity contribution is -0.137. The Morgan fingerprint density at radius 2 is 1.88 bits per heavy atom. The van der Waals surface area contributed by atoms with E-state index in [-0.39, 0.29) is 5.69 Å². The van der Waals surface area contributed by atoms with Gasteiger partial charge in [-0.3, -0.25) is 14.2 Å². The van der Waals surface area contributed by atoms with Crippen LogP contribution in [0.2, 0.25) is 0 Å². The molecule has 2 aliphatic heterocycles. The van der Waals surface area contributed by atoms with Crippen LogP contribution in [0.1, 0.15) is 24.6 Å². The van der Waals surface area contributed by atoms with E-state index < -0.39 is 47.5 Å². The Morgan fingerprint density at radius 3 is 2.53 bits per heavy atom. The number of amides is 1. The minimum Gasteiger partial charge on any atom is -0.378 e. The second-order valence-corrected chi connectivity index (χ2v) is 7.90. The number of anilines is 2. The number of morpholine rings is 1. The molecular weight excluding hydrogens is 464 g/mol. The summed E-state index contributed by atoms with van der Waals surface area (Å²) in [5.41, 5.74) is -3.07. The van der Waals surface area contributed by atoms with Crippen LogP contribution in [0.4, 0.5) is 28.9 Å². The number of nitrogens with zero attached hydrogens (tertiary/aromatic N) is 3. The van der Waals surface area contributed by atoms with Gasteiger partial charge in [-0.25, -0.2) is 9.36 Å².